The van der Waals surface area contributed by atoms with E-state index in [1.807, 2.05) is 18.2 Å². The SMILES string of the molecule is O=[N+]([O-])c1ccc(C2=Nc3ccccc3C2)cc1. The monoisotopic (exact) mass is 238 g/mol. The molecule has 4 nitrogen and oxygen atoms in total. The highest BCUT2D eigenvalue weighted by atomic mass is 16.6. The number of para-hydroxylation sites is 1. The first-order valence-corrected chi connectivity index (χ1v) is 5.64. The number of nitro benzene ring substituents is 1. The van der Waals surface area contributed by atoms with Gasteiger partial charge in [-0.15, -0.1) is 0 Å². The molecule has 2 aromatic rings. The number of nitro groups is 1. The molecule has 0 saturated heterocycles. The predicted molar refractivity (Wildman–Crippen MR) is 69.4 cm³/mol. The summed E-state index contributed by atoms with van der Waals surface area (Å²) in [5, 5.41) is 10.6. The lowest BCUT2D eigenvalue weighted by atomic mass is 10.0. The molecule has 0 amide bonds. The van der Waals surface area contributed by atoms with Crippen LogP contribution in [0.3, 0.4) is 0 Å². The predicted octanol–water partition coefficient (Wildman–Crippen LogP) is 3.27. The topological polar surface area (TPSA) is 55.5 Å². The Balaban J connectivity index is 1.92. The summed E-state index contributed by atoms with van der Waals surface area (Å²) in [4.78, 5) is 14.7. The summed E-state index contributed by atoms with van der Waals surface area (Å²) in [5.41, 5.74) is 4.20. The molecule has 0 aromatic heterocycles. The summed E-state index contributed by atoms with van der Waals surface area (Å²) in [6, 6.07) is 14.5. The fourth-order valence-electron chi connectivity index (χ4n) is 2.08. The zero-order valence-corrected chi connectivity index (χ0v) is 9.54. The van der Waals surface area contributed by atoms with Crippen molar-refractivity contribution in [2.24, 2.45) is 4.99 Å². The maximum absolute atomic E-state index is 10.6. The van der Waals surface area contributed by atoms with Crippen molar-refractivity contribution in [1.82, 2.24) is 0 Å². The Morgan fingerprint density at radius 3 is 2.44 bits per heavy atom. The van der Waals surface area contributed by atoms with E-state index in [2.05, 4.69) is 11.1 Å². The highest BCUT2D eigenvalue weighted by Crippen LogP contribution is 2.28. The summed E-state index contributed by atoms with van der Waals surface area (Å²) in [5.74, 6) is 0. The third kappa shape index (κ3) is 1.78. The van der Waals surface area contributed by atoms with Crippen molar-refractivity contribution in [2.75, 3.05) is 0 Å². The average molecular weight is 238 g/mol. The molecule has 0 atom stereocenters. The number of hydrogen-bond donors (Lipinski definition) is 0. The molecule has 0 aliphatic carbocycles. The van der Waals surface area contributed by atoms with Crippen LogP contribution in [0.4, 0.5) is 11.4 Å². The zero-order chi connectivity index (χ0) is 12.5. The van der Waals surface area contributed by atoms with Crippen LogP contribution in [0.15, 0.2) is 53.5 Å². The molecule has 0 radical (unpaired) electrons. The van der Waals surface area contributed by atoms with Crippen LogP contribution in [0.2, 0.25) is 0 Å². The summed E-state index contributed by atoms with van der Waals surface area (Å²) in [6.07, 6.45) is 0.786. The Hall–Kier alpha value is -2.49. The maximum Gasteiger partial charge on any atom is 0.269 e. The van der Waals surface area contributed by atoms with Gasteiger partial charge in [-0.2, -0.15) is 0 Å². The van der Waals surface area contributed by atoms with Gasteiger partial charge < -0.3 is 0 Å². The molecule has 0 N–H and O–H groups in total. The Labute approximate surface area is 104 Å². The Bertz CT molecular complexity index is 645. The number of benzene rings is 2. The van der Waals surface area contributed by atoms with Gasteiger partial charge >= 0.3 is 0 Å². The van der Waals surface area contributed by atoms with E-state index in [0.717, 1.165) is 23.4 Å². The minimum atomic E-state index is -0.394. The molecule has 18 heavy (non-hydrogen) atoms. The van der Waals surface area contributed by atoms with Crippen molar-refractivity contribution in [1.29, 1.82) is 0 Å². The highest BCUT2D eigenvalue weighted by Gasteiger charge is 2.16. The first-order chi connectivity index (χ1) is 8.74. The van der Waals surface area contributed by atoms with Crippen LogP contribution >= 0.6 is 0 Å². The molecule has 2 aromatic carbocycles. The van der Waals surface area contributed by atoms with E-state index < -0.39 is 4.92 Å². The largest absolute Gasteiger partial charge is 0.269 e. The minimum Gasteiger partial charge on any atom is -0.258 e. The normalized spacial score (nSPS) is 13.0. The molecule has 3 rings (SSSR count). The van der Waals surface area contributed by atoms with Gasteiger partial charge in [0, 0.05) is 18.6 Å². The van der Waals surface area contributed by atoms with E-state index in [9.17, 15) is 10.1 Å². The van der Waals surface area contributed by atoms with Gasteiger partial charge in [0.1, 0.15) is 0 Å². The van der Waals surface area contributed by atoms with E-state index in [1.54, 1.807) is 12.1 Å². The number of rotatable bonds is 2. The standard InChI is InChI=1S/C14H10N2O2/c17-16(18)12-7-5-10(6-8-12)14-9-11-3-1-2-4-13(11)15-14/h1-8H,9H2. The van der Waals surface area contributed by atoms with Gasteiger partial charge in [-0.25, -0.2) is 0 Å². The second-order valence-electron chi connectivity index (χ2n) is 4.17. The molecule has 0 fully saturated rings. The van der Waals surface area contributed by atoms with E-state index in [1.165, 1.54) is 17.7 Å². The molecular weight excluding hydrogens is 228 g/mol. The summed E-state index contributed by atoms with van der Waals surface area (Å²) in [6.45, 7) is 0. The molecule has 1 heterocycles. The molecule has 0 bridgehead atoms. The molecule has 1 aliphatic heterocycles. The number of fused-ring (bicyclic) bond motifs is 1. The lowest BCUT2D eigenvalue weighted by molar-refractivity contribution is -0.384. The smallest absolute Gasteiger partial charge is 0.258 e. The van der Waals surface area contributed by atoms with Crippen LogP contribution in [0.5, 0.6) is 0 Å². The van der Waals surface area contributed by atoms with Gasteiger partial charge in [-0.05, 0) is 29.3 Å². The number of non-ortho nitro benzene ring substituents is 1. The minimum absolute atomic E-state index is 0.106. The van der Waals surface area contributed by atoms with Crippen molar-refractivity contribution in [3.63, 3.8) is 0 Å². The second-order valence-corrected chi connectivity index (χ2v) is 4.17. The fraction of sp³-hybridized carbons (Fsp3) is 0.0714. The first-order valence-electron chi connectivity index (χ1n) is 5.64. The Kier molecular flexibility index (Phi) is 2.41. The van der Waals surface area contributed by atoms with Crippen LogP contribution < -0.4 is 0 Å². The lowest BCUT2D eigenvalue weighted by Crippen LogP contribution is -2.00. The van der Waals surface area contributed by atoms with Gasteiger partial charge in [-0.3, -0.25) is 15.1 Å². The van der Waals surface area contributed by atoms with Crippen molar-refractivity contribution in [3.05, 3.63) is 69.8 Å². The van der Waals surface area contributed by atoms with Gasteiger partial charge in [-0.1, -0.05) is 18.2 Å². The highest BCUT2D eigenvalue weighted by molar-refractivity contribution is 6.06. The summed E-state index contributed by atoms with van der Waals surface area (Å²) < 4.78 is 0. The van der Waals surface area contributed by atoms with Gasteiger partial charge in [0.25, 0.3) is 5.69 Å². The number of hydrogen-bond acceptors (Lipinski definition) is 3. The first kappa shape index (κ1) is 10.7. The van der Waals surface area contributed by atoms with Crippen molar-refractivity contribution < 1.29 is 4.92 Å². The molecule has 1 aliphatic rings. The maximum atomic E-state index is 10.6. The summed E-state index contributed by atoms with van der Waals surface area (Å²) in [7, 11) is 0. The van der Waals surface area contributed by atoms with E-state index >= 15 is 0 Å². The van der Waals surface area contributed by atoms with E-state index in [-0.39, 0.29) is 5.69 Å². The van der Waals surface area contributed by atoms with Crippen LogP contribution in [0.1, 0.15) is 11.1 Å². The van der Waals surface area contributed by atoms with Crippen LogP contribution in [-0.2, 0) is 6.42 Å². The van der Waals surface area contributed by atoms with Crippen LogP contribution in [-0.4, -0.2) is 10.6 Å². The molecule has 0 unspecified atom stereocenters. The number of nitrogens with zero attached hydrogens (tertiary/aromatic N) is 2. The van der Waals surface area contributed by atoms with Crippen LogP contribution in [0, 0.1) is 10.1 Å². The quantitative estimate of drug-likeness (QED) is 0.595. The van der Waals surface area contributed by atoms with Gasteiger partial charge in [0.05, 0.1) is 16.3 Å². The number of aliphatic imine (C=N–C) groups is 1. The molecule has 4 heteroatoms. The third-order valence-electron chi connectivity index (χ3n) is 3.02. The third-order valence-corrected chi connectivity index (χ3v) is 3.02. The molecule has 0 spiro atoms. The molecule has 88 valence electrons. The summed E-state index contributed by atoms with van der Waals surface area (Å²) >= 11 is 0. The van der Waals surface area contributed by atoms with E-state index in [4.69, 9.17) is 0 Å². The average Bonchev–Trinajstić information content (AvgIpc) is 2.82. The Morgan fingerprint density at radius 1 is 1.06 bits per heavy atom. The van der Waals surface area contributed by atoms with Crippen molar-refractivity contribution in [2.45, 2.75) is 6.42 Å². The Morgan fingerprint density at radius 2 is 1.78 bits per heavy atom. The van der Waals surface area contributed by atoms with Gasteiger partial charge in [0.15, 0.2) is 0 Å². The van der Waals surface area contributed by atoms with E-state index in [0.29, 0.717) is 0 Å². The van der Waals surface area contributed by atoms with Gasteiger partial charge in [0.2, 0.25) is 0 Å². The molecular formula is C14H10N2O2. The van der Waals surface area contributed by atoms with Crippen molar-refractivity contribution in [3.8, 4) is 0 Å². The van der Waals surface area contributed by atoms with Crippen molar-refractivity contribution >= 4 is 17.1 Å². The zero-order valence-electron chi connectivity index (χ0n) is 9.54. The second kappa shape index (κ2) is 4.07. The molecule has 0 saturated carbocycles. The lowest BCUT2D eigenvalue weighted by Gasteiger charge is -1.99. The van der Waals surface area contributed by atoms with Crippen LogP contribution in [0.25, 0.3) is 0 Å². The fourth-order valence-corrected chi connectivity index (χ4v) is 2.08.